The number of likely N-dealkylation sites (tertiary alicyclic amines) is 1. The van der Waals surface area contributed by atoms with Crippen LogP contribution in [-0.4, -0.2) is 43.5 Å². The van der Waals surface area contributed by atoms with Gasteiger partial charge in [-0.2, -0.15) is 0 Å². The fourth-order valence-electron chi connectivity index (χ4n) is 2.84. The molecule has 1 N–H and O–H groups in total. The minimum atomic E-state index is -0.424. The molecule has 0 saturated carbocycles. The zero-order valence-corrected chi connectivity index (χ0v) is 13.3. The highest BCUT2D eigenvalue weighted by atomic mass is 16.5. The van der Waals surface area contributed by atoms with Crippen molar-refractivity contribution in [3.8, 4) is 0 Å². The maximum Gasteiger partial charge on any atom is 0.325 e. The highest BCUT2D eigenvalue weighted by Gasteiger charge is 2.25. The summed E-state index contributed by atoms with van der Waals surface area (Å²) < 4.78 is 4.50. The average Bonchev–Trinajstić information content (AvgIpc) is 2.99. The van der Waals surface area contributed by atoms with Crippen molar-refractivity contribution in [1.29, 1.82) is 0 Å². The van der Waals surface area contributed by atoms with Crippen molar-refractivity contribution in [2.75, 3.05) is 26.7 Å². The number of esters is 1. The van der Waals surface area contributed by atoms with E-state index in [0.717, 1.165) is 19.4 Å². The first-order valence-corrected chi connectivity index (χ1v) is 7.74. The fraction of sp³-hybridized carbons (Fsp3) is 0.529. The summed E-state index contributed by atoms with van der Waals surface area (Å²) in [6.45, 7) is 3.76. The van der Waals surface area contributed by atoms with Crippen molar-refractivity contribution in [2.45, 2.75) is 32.2 Å². The summed E-state index contributed by atoms with van der Waals surface area (Å²) in [4.78, 5) is 25.1. The molecule has 1 fully saturated rings. The molecule has 22 heavy (non-hydrogen) atoms. The molecular formula is C17H24N2O3. The second-order valence-corrected chi connectivity index (χ2v) is 5.71. The summed E-state index contributed by atoms with van der Waals surface area (Å²) in [5, 5.41) is 2.58. The maximum atomic E-state index is 11.8. The number of nitrogens with zero attached hydrogens (tertiary/aromatic N) is 1. The van der Waals surface area contributed by atoms with Gasteiger partial charge in [-0.15, -0.1) is 0 Å². The molecule has 2 rings (SSSR count). The first kappa shape index (κ1) is 16.5. The van der Waals surface area contributed by atoms with Gasteiger partial charge in [0, 0.05) is 19.0 Å². The standard InChI is InChI=1S/C17H24N2O3/c1-13-5-7-14(8-6-13)15-4-3-10-19(15)11-9-16(20)18-12-17(21)22-2/h5-8,15H,3-4,9-12H2,1-2H3,(H,18,20)/t15-/m1/s1. The molecule has 1 aliphatic rings. The van der Waals surface area contributed by atoms with E-state index in [-0.39, 0.29) is 12.5 Å². The Morgan fingerprint density at radius 3 is 2.73 bits per heavy atom. The number of carbonyl (C=O) groups is 2. The van der Waals surface area contributed by atoms with Crippen LogP contribution in [-0.2, 0) is 14.3 Å². The summed E-state index contributed by atoms with van der Waals surface area (Å²) in [5.74, 6) is -0.535. The molecule has 1 saturated heterocycles. The molecule has 1 aromatic rings. The molecule has 0 unspecified atom stereocenters. The third-order valence-corrected chi connectivity index (χ3v) is 4.11. The summed E-state index contributed by atoms with van der Waals surface area (Å²) in [6.07, 6.45) is 2.69. The number of amides is 1. The van der Waals surface area contributed by atoms with Crippen molar-refractivity contribution in [3.63, 3.8) is 0 Å². The Morgan fingerprint density at radius 1 is 1.32 bits per heavy atom. The Bertz CT molecular complexity index is 513. The Morgan fingerprint density at radius 2 is 2.05 bits per heavy atom. The van der Waals surface area contributed by atoms with E-state index >= 15 is 0 Å². The van der Waals surface area contributed by atoms with Crippen LogP contribution in [0.1, 0.15) is 36.4 Å². The topological polar surface area (TPSA) is 58.6 Å². The maximum absolute atomic E-state index is 11.8. The molecule has 0 aromatic heterocycles. The first-order valence-electron chi connectivity index (χ1n) is 7.74. The van der Waals surface area contributed by atoms with Gasteiger partial charge in [0.1, 0.15) is 6.54 Å². The SMILES string of the molecule is COC(=O)CNC(=O)CCN1CCC[C@@H]1c1ccc(C)cc1. The van der Waals surface area contributed by atoms with Crippen molar-refractivity contribution in [2.24, 2.45) is 0 Å². The zero-order chi connectivity index (χ0) is 15.9. The lowest BCUT2D eigenvalue weighted by Crippen LogP contribution is -2.33. The largest absolute Gasteiger partial charge is 0.468 e. The molecule has 1 amide bonds. The van der Waals surface area contributed by atoms with Crippen LogP contribution in [0, 0.1) is 6.92 Å². The van der Waals surface area contributed by atoms with Crippen LogP contribution >= 0.6 is 0 Å². The van der Waals surface area contributed by atoms with Crippen LogP contribution in [0.25, 0.3) is 0 Å². The Balaban J connectivity index is 1.82. The van der Waals surface area contributed by atoms with Gasteiger partial charge in [-0.1, -0.05) is 29.8 Å². The normalized spacial score (nSPS) is 18.2. The number of hydrogen-bond acceptors (Lipinski definition) is 4. The van der Waals surface area contributed by atoms with E-state index in [9.17, 15) is 9.59 Å². The highest BCUT2D eigenvalue weighted by molar-refractivity contribution is 5.81. The minimum absolute atomic E-state index is 0.0588. The third-order valence-electron chi connectivity index (χ3n) is 4.11. The van der Waals surface area contributed by atoms with Gasteiger partial charge in [0.15, 0.2) is 0 Å². The lowest BCUT2D eigenvalue weighted by Gasteiger charge is -2.24. The predicted molar refractivity (Wildman–Crippen MR) is 84.4 cm³/mol. The molecule has 0 aliphatic carbocycles. The molecule has 5 heteroatoms. The summed E-state index contributed by atoms with van der Waals surface area (Å²) in [7, 11) is 1.31. The van der Waals surface area contributed by atoms with Crippen molar-refractivity contribution < 1.29 is 14.3 Å². The number of hydrogen-bond donors (Lipinski definition) is 1. The van der Waals surface area contributed by atoms with Crippen LogP contribution in [0.15, 0.2) is 24.3 Å². The average molecular weight is 304 g/mol. The number of benzene rings is 1. The van der Waals surface area contributed by atoms with Gasteiger partial charge < -0.3 is 10.1 Å². The van der Waals surface area contributed by atoms with Crippen LogP contribution in [0.3, 0.4) is 0 Å². The Hall–Kier alpha value is -1.88. The molecule has 0 spiro atoms. The molecule has 0 radical (unpaired) electrons. The van der Waals surface area contributed by atoms with E-state index in [1.54, 1.807) is 0 Å². The number of aryl methyl sites for hydroxylation is 1. The molecule has 1 aliphatic heterocycles. The Labute approximate surface area is 131 Å². The van der Waals surface area contributed by atoms with Gasteiger partial charge in [-0.25, -0.2) is 0 Å². The lowest BCUT2D eigenvalue weighted by molar-refractivity contribution is -0.141. The molecule has 5 nitrogen and oxygen atoms in total. The van der Waals surface area contributed by atoms with Gasteiger partial charge in [0.05, 0.1) is 7.11 Å². The minimum Gasteiger partial charge on any atom is -0.468 e. The van der Waals surface area contributed by atoms with Crippen LogP contribution in [0.5, 0.6) is 0 Å². The van der Waals surface area contributed by atoms with Gasteiger partial charge in [0.2, 0.25) is 5.91 Å². The molecule has 0 bridgehead atoms. The predicted octanol–water partition coefficient (Wildman–Crippen LogP) is 1.81. The van der Waals surface area contributed by atoms with Crippen LogP contribution in [0.4, 0.5) is 0 Å². The lowest BCUT2D eigenvalue weighted by atomic mass is 10.0. The van der Waals surface area contributed by atoms with E-state index < -0.39 is 5.97 Å². The molecular weight excluding hydrogens is 280 g/mol. The number of nitrogens with one attached hydrogen (secondary N) is 1. The number of methoxy groups -OCH3 is 1. The van der Waals surface area contributed by atoms with Crippen molar-refractivity contribution >= 4 is 11.9 Å². The number of rotatable bonds is 6. The van der Waals surface area contributed by atoms with E-state index in [2.05, 4.69) is 46.1 Å². The van der Waals surface area contributed by atoms with E-state index in [1.807, 2.05) is 0 Å². The number of ether oxygens (including phenoxy) is 1. The monoisotopic (exact) mass is 304 g/mol. The smallest absolute Gasteiger partial charge is 0.325 e. The molecule has 1 atom stereocenters. The second kappa shape index (κ2) is 7.94. The van der Waals surface area contributed by atoms with Crippen LogP contribution in [0.2, 0.25) is 0 Å². The van der Waals surface area contributed by atoms with E-state index in [0.29, 0.717) is 19.0 Å². The van der Waals surface area contributed by atoms with E-state index in [4.69, 9.17) is 0 Å². The second-order valence-electron chi connectivity index (χ2n) is 5.71. The molecule has 120 valence electrons. The fourth-order valence-corrected chi connectivity index (χ4v) is 2.84. The quantitative estimate of drug-likeness (QED) is 0.814. The van der Waals surface area contributed by atoms with Crippen molar-refractivity contribution in [3.05, 3.63) is 35.4 Å². The number of carbonyl (C=O) groups excluding carboxylic acids is 2. The highest BCUT2D eigenvalue weighted by Crippen LogP contribution is 2.31. The zero-order valence-electron chi connectivity index (χ0n) is 13.3. The summed E-state index contributed by atoms with van der Waals surface area (Å²) in [6, 6.07) is 9.02. The van der Waals surface area contributed by atoms with Crippen molar-refractivity contribution in [1.82, 2.24) is 10.2 Å². The van der Waals surface area contributed by atoms with Crippen LogP contribution < -0.4 is 5.32 Å². The van der Waals surface area contributed by atoms with Gasteiger partial charge in [-0.3, -0.25) is 14.5 Å². The summed E-state index contributed by atoms with van der Waals surface area (Å²) in [5.41, 5.74) is 2.58. The third kappa shape index (κ3) is 4.56. The molecule has 1 aromatic carbocycles. The Kier molecular flexibility index (Phi) is 5.95. The van der Waals surface area contributed by atoms with Gasteiger partial charge >= 0.3 is 5.97 Å². The summed E-state index contributed by atoms with van der Waals surface area (Å²) >= 11 is 0. The van der Waals surface area contributed by atoms with Gasteiger partial charge in [-0.05, 0) is 31.9 Å². The molecule has 1 heterocycles. The van der Waals surface area contributed by atoms with Gasteiger partial charge in [0.25, 0.3) is 0 Å². The van der Waals surface area contributed by atoms with E-state index in [1.165, 1.54) is 18.2 Å². The first-order chi connectivity index (χ1) is 10.6.